The van der Waals surface area contributed by atoms with Crippen LogP contribution >= 0.6 is 0 Å². The molecule has 0 amide bonds. The Morgan fingerprint density at radius 3 is 2.59 bits per heavy atom. The summed E-state index contributed by atoms with van der Waals surface area (Å²) in [6.45, 7) is 0. The van der Waals surface area contributed by atoms with Gasteiger partial charge >= 0.3 is 6.01 Å². The lowest BCUT2D eigenvalue weighted by Gasteiger charge is -2.08. The zero-order valence-electron chi connectivity index (χ0n) is 9.03. The molecule has 0 unspecified atom stereocenters. The molecule has 1 heterocycles. The third kappa shape index (κ3) is 2.54. The molecule has 0 fully saturated rings. The predicted molar refractivity (Wildman–Crippen MR) is 58.3 cm³/mol. The van der Waals surface area contributed by atoms with Crippen LogP contribution in [0.5, 0.6) is 17.5 Å². The van der Waals surface area contributed by atoms with Crippen molar-refractivity contribution in [2.45, 2.75) is 0 Å². The highest BCUT2D eigenvalue weighted by Crippen LogP contribution is 2.30. The third-order valence-corrected chi connectivity index (χ3v) is 1.99. The second-order valence-corrected chi connectivity index (χ2v) is 3.05. The van der Waals surface area contributed by atoms with Gasteiger partial charge in [0, 0.05) is 5.56 Å². The molecule has 0 aliphatic heterocycles. The number of benzene rings is 1. The van der Waals surface area contributed by atoms with E-state index in [4.69, 9.17) is 9.47 Å². The zero-order chi connectivity index (χ0) is 12.1. The molecule has 1 aromatic heterocycles. The van der Waals surface area contributed by atoms with E-state index in [2.05, 4.69) is 15.0 Å². The molecule has 0 spiro atoms. The van der Waals surface area contributed by atoms with E-state index < -0.39 is 0 Å². The van der Waals surface area contributed by atoms with Crippen molar-refractivity contribution in [3.63, 3.8) is 0 Å². The van der Waals surface area contributed by atoms with Gasteiger partial charge in [-0.25, -0.2) is 4.98 Å². The van der Waals surface area contributed by atoms with Crippen LogP contribution in [-0.4, -0.2) is 28.3 Å². The molecule has 17 heavy (non-hydrogen) atoms. The van der Waals surface area contributed by atoms with Crippen LogP contribution in [-0.2, 0) is 0 Å². The molecule has 6 heteroatoms. The maximum atomic E-state index is 10.6. The highest BCUT2D eigenvalue weighted by atomic mass is 16.5. The van der Waals surface area contributed by atoms with Gasteiger partial charge in [0.2, 0.25) is 0 Å². The number of hydrogen-bond donors (Lipinski definition) is 0. The third-order valence-electron chi connectivity index (χ3n) is 1.99. The number of rotatable bonds is 4. The van der Waals surface area contributed by atoms with Crippen LogP contribution in [0, 0.1) is 0 Å². The van der Waals surface area contributed by atoms with Crippen LogP contribution in [0.3, 0.4) is 0 Å². The van der Waals surface area contributed by atoms with Crippen molar-refractivity contribution >= 4 is 6.29 Å². The van der Waals surface area contributed by atoms with Crippen LogP contribution in [0.1, 0.15) is 10.4 Å². The summed E-state index contributed by atoms with van der Waals surface area (Å²) in [4.78, 5) is 21.9. The zero-order valence-corrected chi connectivity index (χ0v) is 9.03. The van der Waals surface area contributed by atoms with Crippen LogP contribution in [0.25, 0.3) is 0 Å². The first-order valence-electron chi connectivity index (χ1n) is 4.76. The van der Waals surface area contributed by atoms with E-state index in [0.717, 1.165) is 6.29 Å². The quantitative estimate of drug-likeness (QED) is 0.742. The second-order valence-electron chi connectivity index (χ2n) is 3.05. The van der Waals surface area contributed by atoms with Crippen LogP contribution < -0.4 is 9.47 Å². The lowest BCUT2D eigenvalue weighted by Crippen LogP contribution is -1.95. The Balaban J connectivity index is 2.29. The highest BCUT2D eigenvalue weighted by molar-refractivity contribution is 5.76. The molecule has 1 aromatic carbocycles. The Hall–Kier alpha value is -2.50. The number of ether oxygens (including phenoxy) is 2. The fourth-order valence-corrected chi connectivity index (χ4v) is 1.22. The van der Waals surface area contributed by atoms with Gasteiger partial charge in [-0.1, -0.05) is 0 Å². The van der Waals surface area contributed by atoms with Crippen molar-refractivity contribution in [1.29, 1.82) is 0 Å². The molecule has 2 rings (SSSR count). The minimum absolute atomic E-state index is 0.164. The summed E-state index contributed by atoms with van der Waals surface area (Å²) in [7, 11) is 1.49. The van der Waals surface area contributed by atoms with Gasteiger partial charge in [-0.3, -0.25) is 4.79 Å². The molecule has 86 valence electrons. The summed E-state index contributed by atoms with van der Waals surface area (Å²) in [5.74, 6) is 0.874. The van der Waals surface area contributed by atoms with E-state index in [1.807, 2.05) is 0 Å². The van der Waals surface area contributed by atoms with Gasteiger partial charge < -0.3 is 9.47 Å². The first-order valence-corrected chi connectivity index (χ1v) is 4.76. The fourth-order valence-electron chi connectivity index (χ4n) is 1.22. The first-order chi connectivity index (χ1) is 8.33. The normalized spacial score (nSPS) is 9.71. The molecule has 0 radical (unpaired) electrons. The summed E-state index contributed by atoms with van der Waals surface area (Å²) in [6.07, 6.45) is 3.39. The molecule has 0 atom stereocenters. The standard InChI is InChI=1S/C11H9N3O3/c1-16-10-4-8(5-15)2-3-9(10)17-11-13-6-12-7-14-11/h2-7H,1H3. The van der Waals surface area contributed by atoms with Crippen molar-refractivity contribution in [1.82, 2.24) is 15.0 Å². The minimum atomic E-state index is 0.164. The van der Waals surface area contributed by atoms with Gasteiger partial charge in [0.15, 0.2) is 11.5 Å². The van der Waals surface area contributed by atoms with Gasteiger partial charge in [-0.15, -0.1) is 0 Å². The van der Waals surface area contributed by atoms with E-state index in [1.54, 1.807) is 18.2 Å². The molecule has 6 nitrogen and oxygen atoms in total. The molecular formula is C11H9N3O3. The lowest BCUT2D eigenvalue weighted by atomic mass is 10.2. The summed E-state index contributed by atoms with van der Waals surface area (Å²) >= 11 is 0. The van der Waals surface area contributed by atoms with Crippen molar-refractivity contribution in [3.05, 3.63) is 36.4 Å². The monoisotopic (exact) mass is 231 g/mol. The molecular weight excluding hydrogens is 222 g/mol. The highest BCUT2D eigenvalue weighted by Gasteiger charge is 2.07. The SMILES string of the molecule is COc1cc(C=O)ccc1Oc1ncncn1. The predicted octanol–water partition coefficient (Wildman–Crippen LogP) is 1.48. The van der Waals surface area contributed by atoms with E-state index in [-0.39, 0.29) is 6.01 Å². The van der Waals surface area contributed by atoms with Crippen LogP contribution in [0.15, 0.2) is 30.9 Å². The largest absolute Gasteiger partial charge is 0.493 e. The van der Waals surface area contributed by atoms with E-state index in [9.17, 15) is 4.79 Å². The first kappa shape index (κ1) is 11.0. The number of carbonyl (C=O) groups is 1. The Morgan fingerprint density at radius 1 is 1.18 bits per heavy atom. The van der Waals surface area contributed by atoms with Gasteiger partial charge in [-0.05, 0) is 18.2 Å². The Labute approximate surface area is 97.3 Å². The smallest absolute Gasteiger partial charge is 0.325 e. The fraction of sp³-hybridized carbons (Fsp3) is 0.0909. The summed E-state index contributed by atoms with van der Waals surface area (Å²) in [6, 6.07) is 4.97. The maximum absolute atomic E-state index is 10.6. The van der Waals surface area contributed by atoms with Crippen molar-refractivity contribution in [2.24, 2.45) is 0 Å². The topological polar surface area (TPSA) is 74.2 Å². The summed E-state index contributed by atoms with van der Waals surface area (Å²) in [5, 5.41) is 0. The van der Waals surface area contributed by atoms with Gasteiger partial charge in [0.05, 0.1) is 7.11 Å². The minimum Gasteiger partial charge on any atom is -0.493 e. The number of aldehydes is 1. The number of aromatic nitrogens is 3. The van der Waals surface area contributed by atoms with Gasteiger partial charge in [-0.2, -0.15) is 9.97 Å². The molecule has 0 aliphatic rings. The van der Waals surface area contributed by atoms with Crippen molar-refractivity contribution in [2.75, 3.05) is 7.11 Å². The Morgan fingerprint density at radius 2 is 1.94 bits per heavy atom. The van der Waals surface area contributed by atoms with E-state index in [0.29, 0.717) is 17.1 Å². The molecule has 0 bridgehead atoms. The summed E-state index contributed by atoms with van der Waals surface area (Å²) < 4.78 is 10.5. The van der Waals surface area contributed by atoms with E-state index in [1.165, 1.54) is 19.8 Å². The van der Waals surface area contributed by atoms with Crippen molar-refractivity contribution in [3.8, 4) is 17.5 Å². The van der Waals surface area contributed by atoms with E-state index >= 15 is 0 Å². The maximum Gasteiger partial charge on any atom is 0.325 e. The Bertz CT molecular complexity index is 517. The molecule has 0 saturated heterocycles. The van der Waals surface area contributed by atoms with Crippen LogP contribution in [0.4, 0.5) is 0 Å². The second kappa shape index (κ2) is 5.02. The molecule has 0 aliphatic carbocycles. The lowest BCUT2D eigenvalue weighted by molar-refractivity contribution is 0.112. The van der Waals surface area contributed by atoms with Gasteiger partial charge in [0.1, 0.15) is 18.9 Å². The molecule has 2 aromatic rings. The Kier molecular flexibility index (Phi) is 3.25. The number of carbonyl (C=O) groups excluding carboxylic acids is 1. The number of hydrogen-bond acceptors (Lipinski definition) is 6. The number of methoxy groups -OCH3 is 1. The average Bonchev–Trinajstić information content (AvgIpc) is 2.40. The average molecular weight is 231 g/mol. The molecule has 0 N–H and O–H groups in total. The summed E-state index contributed by atoms with van der Waals surface area (Å²) in [5.41, 5.74) is 0.504. The number of nitrogens with zero attached hydrogens (tertiary/aromatic N) is 3. The molecule has 0 saturated carbocycles. The van der Waals surface area contributed by atoms with Gasteiger partial charge in [0.25, 0.3) is 0 Å². The van der Waals surface area contributed by atoms with Crippen molar-refractivity contribution < 1.29 is 14.3 Å². The van der Waals surface area contributed by atoms with Crippen LogP contribution in [0.2, 0.25) is 0 Å².